The summed E-state index contributed by atoms with van der Waals surface area (Å²) in [4.78, 5) is 6.34. The molecule has 0 radical (unpaired) electrons. The van der Waals surface area contributed by atoms with Crippen molar-refractivity contribution in [3.63, 3.8) is 0 Å². The van der Waals surface area contributed by atoms with E-state index in [1.165, 1.54) is 0 Å². The van der Waals surface area contributed by atoms with Crippen LogP contribution < -0.4 is 10.1 Å². The zero-order chi connectivity index (χ0) is 18.5. The predicted molar refractivity (Wildman–Crippen MR) is 118 cm³/mol. The first-order chi connectivity index (χ1) is 11.8. The van der Waals surface area contributed by atoms with Crippen LogP contribution in [0.25, 0.3) is 0 Å². The number of nitrogens with one attached hydrogen (secondary N) is 1. The van der Waals surface area contributed by atoms with Crippen LogP contribution in [0.3, 0.4) is 0 Å². The van der Waals surface area contributed by atoms with E-state index in [4.69, 9.17) is 4.74 Å². The first-order valence-corrected chi connectivity index (χ1v) is 10.3. The molecule has 1 N–H and O–H groups in total. The molecule has 2 rings (SSSR count). The first kappa shape index (κ1) is 23.0. The molecule has 6 nitrogen and oxygen atoms in total. The van der Waals surface area contributed by atoms with Gasteiger partial charge in [0.1, 0.15) is 5.75 Å². The van der Waals surface area contributed by atoms with Crippen LogP contribution in [0.15, 0.2) is 29.3 Å². The van der Waals surface area contributed by atoms with Crippen molar-refractivity contribution < 1.29 is 13.2 Å². The average molecular weight is 495 g/mol. The van der Waals surface area contributed by atoms with Crippen molar-refractivity contribution in [3.8, 4) is 5.75 Å². The van der Waals surface area contributed by atoms with Gasteiger partial charge in [-0.3, -0.25) is 4.99 Å². The van der Waals surface area contributed by atoms with Crippen LogP contribution in [0.1, 0.15) is 26.3 Å². The van der Waals surface area contributed by atoms with Crippen LogP contribution >= 0.6 is 24.0 Å². The highest BCUT2D eigenvalue weighted by Crippen LogP contribution is 2.23. The third kappa shape index (κ3) is 5.48. The molecule has 148 valence electrons. The molecule has 0 atom stereocenters. The molecule has 0 amide bonds. The van der Waals surface area contributed by atoms with Crippen molar-refractivity contribution >= 4 is 39.8 Å². The minimum absolute atomic E-state index is 0. The molecule has 1 fully saturated rings. The normalized spacial score (nSPS) is 18.8. The Morgan fingerprint density at radius 3 is 2.65 bits per heavy atom. The Morgan fingerprint density at radius 1 is 1.35 bits per heavy atom. The second-order valence-electron chi connectivity index (χ2n) is 6.76. The Hall–Kier alpha value is -1.03. The summed E-state index contributed by atoms with van der Waals surface area (Å²) in [7, 11) is -1.32. The largest absolute Gasteiger partial charge is 0.494 e. The van der Waals surface area contributed by atoms with E-state index in [-0.39, 0.29) is 29.7 Å². The minimum Gasteiger partial charge on any atom is -0.494 e. The van der Waals surface area contributed by atoms with E-state index in [9.17, 15) is 8.42 Å². The molecular weight excluding hydrogens is 465 g/mol. The number of aliphatic imine (C=N–C) groups is 1. The number of hydrogen-bond acceptors (Lipinski definition) is 4. The van der Waals surface area contributed by atoms with Crippen molar-refractivity contribution in [2.45, 2.75) is 31.9 Å². The smallest absolute Gasteiger partial charge is 0.193 e. The van der Waals surface area contributed by atoms with Crippen LogP contribution in [0.4, 0.5) is 0 Å². The van der Waals surface area contributed by atoms with Gasteiger partial charge in [0.05, 0.1) is 17.1 Å². The van der Waals surface area contributed by atoms with Crippen LogP contribution in [-0.2, 0) is 16.3 Å². The Kier molecular flexibility index (Phi) is 8.65. The molecule has 8 heteroatoms. The standard InChI is InChI=1S/C18H29N3O3S.HI/c1-5-24-16-9-7-6-8-15(16)10-11-20-17(19-4)21-12-13-25(22,23)18(2,3)14-21;/h6-9H,5,10-14H2,1-4H3,(H,19,20);1H. The molecule has 1 heterocycles. The van der Waals surface area contributed by atoms with E-state index in [0.717, 1.165) is 23.7 Å². The highest BCUT2D eigenvalue weighted by molar-refractivity contribution is 14.0. The van der Waals surface area contributed by atoms with Gasteiger partial charge in [0.25, 0.3) is 0 Å². The van der Waals surface area contributed by atoms with E-state index in [2.05, 4.69) is 16.4 Å². The van der Waals surface area contributed by atoms with Gasteiger partial charge in [0, 0.05) is 26.7 Å². The minimum atomic E-state index is -3.05. The molecule has 0 bridgehead atoms. The van der Waals surface area contributed by atoms with Gasteiger partial charge in [-0.25, -0.2) is 8.42 Å². The van der Waals surface area contributed by atoms with Gasteiger partial charge in [-0.05, 0) is 38.8 Å². The van der Waals surface area contributed by atoms with Gasteiger partial charge in [0.2, 0.25) is 0 Å². The third-order valence-electron chi connectivity index (χ3n) is 4.50. The number of para-hydroxylation sites is 1. The molecular formula is C18H30IN3O3S. The average Bonchev–Trinajstić information content (AvgIpc) is 2.56. The maximum absolute atomic E-state index is 12.2. The molecule has 1 aliphatic heterocycles. The van der Waals surface area contributed by atoms with E-state index in [0.29, 0.717) is 26.2 Å². The van der Waals surface area contributed by atoms with E-state index in [1.807, 2.05) is 30.0 Å². The van der Waals surface area contributed by atoms with Crippen LogP contribution in [0.5, 0.6) is 5.75 Å². The molecule has 0 saturated carbocycles. The van der Waals surface area contributed by atoms with E-state index >= 15 is 0 Å². The zero-order valence-corrected chi connectivity index (χ0v) is 19.1. The van der Waals surface area contributed by atoms with Crippen molar-refractivity contribution in [3.05, 3.63) is 29.8 Å². The van der Waals surface area contributed by atoms with Crippen molar-refractivity contribution in [2.75, 3.05) is 39.0 Å². The molecule has 0 aromatic heterocycles. The lowest BCUT2D eigenvalue weighted by Crippen LogP contribution is -2.57. The predicted octanol–water partition coefficient (Wildman–Crippen LogP) is 2.33. The molecule has 26 heavy (non-hydrogen) atoms. The summed E-state index contributed by atoms with van der Waals surface area (Å²) in [5.41, 5.74) is 1.15. The summed E-state index contributed by atoms with van der Waals surface area (Å²) < 4.78 is 29.2. The number of benzene rings is 1. The van der Waals surface area contributed by atoms with Gasteiger partial charge < -0.3 is 15.0 Å². The van der Waals surface area contributed by atoms with Crippen molar-refractivity contribution in [1.29, 1.82) is 0 Å². The Labute approximate surface area is 174 Å². The number of guanidine groups is 1. The second kappa shape index (κ2) is 9.77. The van der Waals surface area contributed by atoms with Crippen LogP contribution in [-0.4, -0.2) is 63.1 Å². The Balaban J connectivity index is 0.00000338. The molecule has 1 aliphatic rings. The Morgan fingerprint density at radius 2 is 2.04 bits per heavy atom. The van der Waals surface area contributed by atoms with Crippen LogP contribution in [0.2, 0.25) is 0 Å². The molecule has 0 spiro atoms. The summed E-state index contributed by atoms with van der Waals surface area (Å²) in [5, 5.41) is 3.35. The highest BCUT2D eigenvalue weighted by atomic mass is 127. The van der Waals surface area contributed by atoms with Gasteiger partial charge in [-0.1, -0.05) is 18.2 Å². The number of ether oxygens (including phenoxy) is 1. The summed E-state index contributed by atoms with van der Waals surface area (Å²) in [6, 6.07) is 8.01. The van der Waals surface area contributed by atoms with Crippen molar-refractivity contribution in [2.24, 2.45) is 4.99 Å². The molecule has 1 aromatic carbocycles. The van der Waals surface area contributed by atoms with Gasteiger partial charge in [-0.2, -0.15) is 0 Å². The molecule has 1 aromatic rings. The maximum atomic E-state index is 12.2. The summed E-state index contributed by atoms with van der Waals surface area (Å²) >= 11 is 0. The maximum Gasteiger partial charge on any atom is 0.193 e. The number of hydrogen-bond donors (Lipinski definition) is 1. The monoisotopic (exact) mass is 495 g/mol. The van der Waals surface area contributed by atoms with Gasteiger partial charge >= 0.3 is 0 Å². The fourth-order valence-electron chi connectivity index (χ4n) is 2.97. The highest BCUT2D eigenvalue weighted by Gasteiger charge is 2.40. The van der Waals surface area contributed by atoms with E-state index in [1.54, 1.807) is 20.9 Å². The van der Waals surface area contributed by atoms with Crippen LogP contribution in [0, 0.1) is 0 Å². The molecule has 1 saturated heterocycles. The van der Waals surface area contributed by atoms with E-state index < -0.39 is 14.6 Å². The number of nitrogens with zero attached hydrogens (tertiary/aromatic N) is 2. The van der Waals surface area contributed by atoms with Crippen molar-refractivity contribution in [1.82, 2.24) is 10.2 Å². The molecule has 0 aliphatic carbocycles. The summed E-state index contributed by atoms with van der Waals surface area (Å²) in [6.45, 7) is 7.80. The zero-order valence-electron chi connectivity index (χ0n) is 16.0. The number of rotatable bonds is 5. The topological polar surface area (TPSA) is 71.0 Å². The fourth-order valence-corrected chi connectivity index (χ4v) is 4.34. The fraction of sp³-hybridized carbons (Fsp3) is 0.611. The van der Waals surface area contributed by atoms with Gasteiger partial charge in [0.15, 0.2) is 15.8 Å². The lowest BCUT2D eigenvalue weighted by molar-refractivity contribution is 0.336. The summed E-state index contributed by atoms with van der Waals surface area (Å²) in [6.07, 6.45) is 0.810. The Bertz CT molecular complexity index is 720. The number of halogens is 1. The number of sulfone groups is 1. The quantitative estimate of drug-likeness (QED) is 0.386. The second-order valence-corrected chi connectivity index (χ2v) is 9.51. The SMILES string of the molecule is CCOc1ccccc1CCNC(=NC)N1CCS(=O)(=O)C(C)(C)C1.I. The third-order valence-corrected chi connectivity index (χ3v) is 7.04. The van der Waals surface area contributed by atoms with Gasteiger partial charge in [-0.15, -0.1) is 24.0 Å². The summed E-state index contributed by atoms with van der Waals surface area (Å²) in [5.74, 6) is 1.82. The molecule has 0 unspecified atom stereocenters. The lowest BCUT2D eigenvalue weighted by atomic mass is 10.1. The lowest BCUT2D eigenvalue weighted by Gasteiger charge is -2.39. The first-order valence-electron chi connectivity index (χ1n) is 8.69.